The van der Waals surface area contributed by atoms with E-state index >= 15 is 0 Å². The fourth-order valence-electron chi connectivity index (χ4n) is 3.12. The van der Waals surface area contributed by atoms with E-state index in [9.17, 15) is 0 Å². The number of nitrogens with zero attached hydrogens (tertiary/aromatic N) is 3. The van der Waals surface area contributed by atoms with E-state index in [2.05, 4.69) is 79.2 Å². The van der Waals surface area contributed by atoms with Gasteiger partial charge in [-0.15, -0.1) is 5.10 Å². The zero-order valence-electron chi connectivity index (χ0n) is 18.1. The van der Waals surface area contributed by atoms with Crippen molar-refractivity contribution in [1.29, 1.82) is 0 Å². The Morgan fingerprint density at radius 1 is 0.931 bits per heavy atom. The molecule has 0 spiro atoms. The highest BCUT2D eigenvalue weighted by atomic mass is 32.2. The van der Waals surface area contributed by atoms with E-state index < -0.39 is 0 Å². The first kappa shape index (κ1) is 23.2. The minimum Gasteiger partial charge on any atom is -0.377 e. The maximum atomic E-state index is 5.94. The van der Waals surface area contributed by atoms with Crippen LogP contribution in [-0.4, -0.2) is 29.4 Å². The first-order valence-electron chi connectivity index (χ1n) is 10.3. The molecule has 0 saturated carbocycles. The molecule has 0 aromatic heterocycles. The highest BCUT2D eigenvalue weighted by molar-refractivity contribution is 8.13. The summed E-state index contributed by atoms with van der Waals surface area (Å²) in [6.07, 6.45) is 1.75. The number of benzene rings is 2. The topological polar surface area (TPSA) is 54.0 Å². The molecule has 0 bridgehead atoms. The Labute approximate surface area is 180 Å². The fourth-order valence-corrected chi connectivity index (χ4v) is 3.73. The summed E-state index contributed by atoms with van der Waals surface area (Å²) in [6.45, 7) is 12.3. The summed E-state index contributed by atoms with van der Waals surface area (Å²) in [5.41, 5.74) is 9.51. The van der Waals surface area contributed by atoms with Crippen LogP contribution in [0.2, 0.25) is 0 Å². The monoisotopic (exact) mass is 410 g/mol. The van der Waals surface area contributed by atoms with Gasteiger partial charge < -0.3 is 5.73 Å². The van der Waals surface area contributed by atoms with Gasteiger partial charge >= 0.3 is 0 Å². The molecule has 2 aromatic rings. The Bertz CT molecular complexity index is 757. The number of hydrogen-bond donors (Lipinski definition) is 1. The van der Waals surface area contributed by atoms with Crippen LogP contribution in [0.5, 0.6) is 0 Å². The average molecular weight is 411 g/mol. The average Bonchev–Trinajstić information content (AvgIpc) is 2.67. The lowest BCUT2D eigenvalue weighted by Crippen LogP contribution is -2.30. The van der Waals surface area contributed by atoms with Crippen molar-refractivity contribution < 1.29 is 0 Å². The summed E-state index contributed by atoms with van der Waals surface area (Å²) in [7, 11) is 0. The quantitative estimate of drug-likeness (QED) is 0.325. The van der Waals surface area contributed by atoms with E-state index in [4.69, 9.17) is 5.73 Å². The molecule has 0 aliphatic carbocycles. The van der Waals surface area contributed by atoms with Gasteiger partial charge in [-0.2, -0.15) is 5.10 Å². The van der Waals surface area contributed by atoms with Crippen molar-refractivity contribution >= 4 is 23.1 Å². The maximum absolute atomic E-state index is 5.94. The van der Waals surface area contributed by atoms with Gasteiger partial charge in [0.1, 0.15) is 0 Å². The summed E-state index contributed by atoms with van der Waals surface area (Å²) in [5.74, 6) is 2.13. The standard InChI is InChI=1S/C24H34N4S/c1-19(2)15-28(16-20(3)4)17-22-12-10-21(11-13-22)14-26-27-24(25)29-18-23-8-6-5-7-9-23/h5-14,19-20H,15-18H2,1-4H3,(H2,25,27). The van der Waals surface area contributed by atoms with Crippen molar-refractivity contribution in [2.45, 2.75) is 40.0 Å². The van der Waals surface area contributed by atoms with Crippen molar-refractivity contribution in [1.82, 2.24) is 4.90 Å². The number of amidine groups is 1. The van der Waals surface area contributed by atoms with Gasteiger partial charge in [0.05, 0.1) is 6.21 Å². The highest BCUT2D eigenvalue weighted by Gasteiger charge is 2.10. The smallest absolute Gasteiger partial charge is 0.180 e. The molecule has 156 valence electrons. The highest BCUT2D eigenvalue weighted by Crippen LogP contribution is 2.12. The van der Waals surface area contributed by atoms with Crippen molar-refractivity contribution in [2.75, 3.05) is 13.1 Å². The summed E-state index contributed by atoms with van der Waals surface area (Å²) < 4.78 is 0. The van der Waals surface area contributed by atoms with Gasteiger partial charge in [0.25, 0.3) is 0 Å². The molecule has 0 heterocycles. The van der Waals surface area contributed by atoms with Crippen molar-refractivity contribution in [2.24, 2.45) is 27.8 Å². The van der Waals surface area contributed by atoms with E-state index in [1.54, 1.807) is 6.21 Å². The summed E-state index contributed by atoms with van der Waals surface area (Å²) in [5, 5.41) is 8.69. The lowest BCUT2D eigenvalue weighted by Gasteiger charge is -2.26. The SMILES string of the molecule is CC(C)CN(Cc1ccc(C=NN=C(N)SCc2ccccc2)cc1)CC(C)C. The molecule has 5 heteroatoms. The molecule has 2 N–H and O–H groups in total. The molecule has 2 rings (SSSR count). The van der Waals surface area contributed by atoms with Gasteiger partial charge in [-0.05, 0) is 28.5 Å². The molecule has 0 saturated heterocycles. The molecule has 0 radical (unpaired) electrons. The van der Waals surface area contributed by atoms with Gasteiger partial charge in [0.2, 0.25) is 0 Å². The van der Waals surface area contributed by atoms with E-state index in [1.807, 2.05) is 18.2 Å². The Hall–Kier alpha value is -2.11. The zero-order valence-corrected chi connectivity index (χ0v) is 18.9. The van der Waals surface area contributed by atoms with E-state index in [1.165, 1.54) is 22.9 Å². The van der Waals surface area contributed by atoms with Crippen LogP contribution in [0.3, 0.4) is 0 Å². The molecule has 0 amide bonds. The molecule has 0 aliphatic rings. The molecular weight excluding hydrogens is 376 g/mol. The van der Waals surface area contributed by atoms with Crippen molar-refractivity contribution in [3.63, 3.8) is 0 Å². The minimum absolute atomic E-state index is 0.472. The molecular formula is C24H34N4S. The summed E-state index contributed by atoms with van der Waals surface area (Å²) >= 11 is 1.49. The molecule has 4 nitrogen and oxygen atoms in total. The van der Waals surface area contributed by atoms with Crippen molar-refractivity contribution in [3.8, 4) is 0 Å². The number of hydrogen-bond acceptors (Lipinski definition) is 4. The number of nitrogens with two attached hydrogens (primary N) is 1. The third-order valence-electron chi connectivity index (χ3n) is 4.23. The third kappa shape index (κ3) is 9.77. The molecule has 0 atom stereocenters. The van der Waals surface area contributed by atoms with Crippen LogP contribution >= 0.6 is 11.8 Å². The summed E-state index contributed by atoms with van der Waals surface area (Å²) in [4.78, 5) is 2.54. The van der Waals surface area contributed by atoms with Gasteiger partial charge in [-0.25, -0.2) is 0 Å². The van der Waals surface area contributed by atoms with Gasteiger partial charge in [-0.1, -0.05) is 94.1 Å². The maximum Gasteiger partial charge on any atom is 0.180 e. The second-order valence-corrected chi connectivity index (χ2v) is 9.18. The lowest BCUT2D eigenvalue weighted by atomic mass is 10.1. The zero-order chi connectivity index (χ0) is 21.1. The van der Waals surface area contributed by atoms with Crippen LogP contribution in [0.1, 0.15) is 44.4 Å². The largest absolute Gasteiger partial charge is 0.377 e. The second-order valence-electron chi connectivity index (χ2n) is 8.18. The third-order valence-corrected chi connectivity index (χ3v) is 5.08. The number of rotatable bonds is 10. The predicted molar refractivity (Wildman–Crippen MR) is 128 cm³/mol. The van der Waals surface area contributed by atoms with Crippen LogP contribution in [0.25, 0.3) is 0 Å². The molecule has 29 heavy (non-hydrogen) atoms. The Balaban J connectivity index is 1.86. The fraction of sp³-hybridized carbons (Fsp3) is 0.417. The van der Waals surface area contributed by atoms with Gasteiger partial charge in [0.15, 0.2) is 5.17 Å². The van der Waals surface area contributed by atoms with Gasteiger partial charge in [-0.3, -0.25) is 4.90 Å². The van der Waals surface area contributed by atoms with E-state index in [-0.39, 0.29) is 0 Å². The van der Waals surface area contributed by atoms with Crippen molar-refractivity contribution in [3.05, 3.63) is 71.3 Å². The van der Waals surface area contributed by atoms with Crippen LogP contribution in [0, 0.1) is 11.8 Å². The van der Waals surface area contributed by atoms with E-state index in [0.29, 0.717) is 17.0 Å². The predicted octanol–water partition coefficient (Wildman–Crippen LogP) is 5.38. The van der Waals surface area contributed by atoms with Crippen LogP contribution in [0.4, 0.5) is 0 Å². The minimum atomic E-state index is 0.472. The Morgan fingerprint density at radius 2 is 1.55 bits per heavy atom. The number of thioether (sulfide) groups is 1. The van der Waals surface area contributed by atoms with Crippen LogP contribution in [-0.2, 0) is 12.3 Å². The molecule has 2 aromatic carbocycles. The van der Waals surface area contributed by atoms with Crippen LogP contribution < -0.4 is 5.73 Å². The molecule has 0 aliphatic heterocycles. The Morgan fingerprint density at radius 3 is 2.14 bits per heavy atom. The normalized spacial score (nSPS) is 12.6. The summed E-state index contributed by atoms with van der Waals surface area (Å²) in [6, 6.07) is 18.7. The van der Waals surface area contributed by atoms with E-state index in [0.717, 1.165) is 31.0 Å². The molecule has 0 unspecified atom stereocenters. The lowest BCUT2D eigenvalue weighted by molar-refractivity contribution is 0.211. The Kier molecular flexibility index (Phi) is 9.95. The van der Waals surface area contributed by atoms with Crippen LogP contribution in [0.15, 0.2) is 64.8 Å². The molecule has 0 fully saturated rings. The second kappa shape index (κ2) is 12.5. The van der Waals surface area contributed by atoms with Gasteiger partial charge in [0, 0.05) is 25.4 Å². The first-order valence-corrected chi connectivity index (χ1v) is 11.3. The first-order chi connectivity index (χ1) is 13.9.